The Morgan fingerprint density at radius 2 is 2.10 bits per heavy atom. The molecular weight excluding hydrogens is 264 g/mol. The van der Waals surface area contributed by atoms with Crippen LogP contribution in [-0.2, 0) is 6.54 Å². The Labute approximate surface area is 123 Å². The first kappa shape index (κ1) is 13.4. The van der Waals surface area contributed by atoms with Gasteiger partial charge >= 0.3 is 0 Å². The predicted octanol–water partition coefficient (Wildman–Crippen LogP) is 2.18. The standard InChI is InChI=1S/C16H18N4O/c1-12-4-3-5-14(10-12)16(21)17-6-7-19-8-9-20-15(19)11-13(2)18-20/h3-5,8-11H,6-7H2,1-2H3,(H,17,21). The molecule has 5 nitrogen and oxygen atoms in total. The second-order valence-corrected chi connectivity index (χ2v) is 5.21. The Balaban J connectivity index is 1.62. The van der Waals surface area contributed by atoms with Gasteiger partial charge in [0.2, 0.25) is 0 Å². The smallest absolute Gasteiger partial charge is 0.251 e. The number of benzene rings is 1. The summed E-state index contributed by atoms with van der Waals surface area (Å²) in [6.45, 7) is 5.26. The lowest BCUT2D eigenvalue weighted by Gasteiger charge is -2.07. The minimum Gasteiger partial charge on any atom is -0.350 e. The van der Waals surface area contributed by atoms with Crippen molar-refractivity contribution in [1.82, 2.24) is 19.5 Å². The Morgan fingerprint density at radius 1 is 1.24 bits per heavy atom. The van der Waals surface area contributed by atoms with Crippen LogP contribution in [0, 0.1) is 13.8 Å². The van der Waals surface area contributed by atoms with E-state index >= 15 is 0 Å². The van der Waals surface area contributed by atoms with E-state index in [1.54, 1.807) is 0 Å². The van der Waals surface area contributed by atoms with Gasteiger partial charge in [0, 0.05) is 37.1 Å². The van der Waals surface area contributed by atoms with Crippen molar-refractivity contribution < 1.29 is 4.79 Å². The molecule has 0 aliphatic rings. The van der Waals surface area contributed by atoms with E-state index in [0.29, 0.717) is 12.1 Å². The third kappa shape index (κ3) is 2.81. The number of hydrogen-bond acceptors (Lipinski definition) is 2. The van der Waals surface area contributed by atoms with Gasteiger partial charge in [0.15, 0.2) is 0 Å². The van der Waals surface area contributed by atoms with Gasteiger partial charge in [-0.15, -0.1) is 0 Å². The summed E-state index contributed by atoms with van der Waals surface area (Å²) < 4.78 is 3.92. The van der Waals surface area contributed by atoms with Crippen LogP contribution in [0.4, 0.5) is 0 Å². The summed E-state index contributed by atoms with van der Waals surface area (Å²) in [6.07, 6.45) is 3.89. The minimum atomic E-state index is -0.0356. The van der Waals surface area contributed by atoms with E-state index in [9.17, 15) is 4.79 Å². The molecule has 1 aromatic carbocycles. The summed E-state index contributed by atoms with van der Waals surface area (Å²) in [7, 11) is 0. The van der Waals surface area contributed by atoms with E-state index < -0.39 is 0 Å². The highest BCUT2D eigenvalue weighted by Gasteiger charge is 2.06. The zero-order valence-electron chi connectivity index (χ0n) is 12.2. The molecule has 0 atom stereocenters. The van der Waals surface area contributed by atoms with E-state index in [1.807, 2.05) is 61.1 Å². The van der Waals surface area contributed by atoms with Crippen molar-refractivity contribution in [1.29, 1.82) is 0 Å². The van der Waals surface area contributed by atoms with E-state index in [1.165, 1.54) is 0 Å². The van der Waals surface area contributed by atoms with Crippen LogP contribution in [0.1, 0.15) is 21.6 Å². The summed E-state index contributed by atoms with van der Waals surface area (Å²) in [5.74, 6) is -0.0356. The fourth-order valence-corrected chi connectivity index (χ4v) is 2.41. The highest BCUT2D eigenvalue weighted by molar-refractivity contribution is 5.94. The lowest BCUT2D eigenvalue weighted by atomic mass is 10.1. The van der Waals surface area contributed by atoms with Gasteiger partial charge in [0.05, 0.1) is 5.69 Å². The van der Waals surface area contributed by atoms with E-state index in [4.69, 9.17) is 0 Å². The maximum atomic E-state index is 12.1. The minimum absolute atomic E-state index is 0.0356. The highest BCUT2D eigenvalue weighted by atomic mass is 16.1. The molecule has 3 rings (SSSR count). The van der Waals surface area contributed by atoms with E-state index in [2.05, 4.69) is 15.0 Å². The third-order valence-corrected chi connectivity index (χ3v) is 3.44. The SMILES string of the molecule is Cc1cccc(C(=O)NCCn2ccn3nc(C)cc23)c1. The van der Waals surface area contributed by atoms with Gasteiger partial charge in [0.1, 0.15) is 5.65 Å². The number of amides is 1. The molecule has 1 amide bonds. The number of imidazole rings is 1. The molecule has 0 bridgehead atoms. The third-order valence-electron chi connectivity index (χ3n) is 3.44. The van der Waals surface area contributed by atoms with Gasteiger partial charge in [-0.1, -0.05) is 17.7 Å². The van der Waals surface area contributed by atoms with Gasteiger partial charge in [0.25, 0.3) is 5.91 Å². The lowest BCUT2D eigenvalue weighted by Crippen LogP contribution is -2.27. The van der Waals surface area contributed by atoms with E-state index in [0.717, 1.165) is 23.4 Å². The molecule has 0 unspecified atom stereocenters. The van der Waals surface area contributed by atoms with Crippen molar-refractivity contribution in [2.45, 2.75) is 20.4 Å². The summed E-state index contributed by atoms with van der Waals surface area (Å²) in [5, 5.41) is 7.29. The van der Waals surface area contributed by atoms with Crippen LogP contribution in [0.2, 0.25) is 0 Å². The molecule has 0 saturated carbocycles. The molecule has 1 N–H and O–H groups in total. The maximum Gasteiger partial charge on any atom is 0.251 e. The Hall–Kier alpha value is -2.56. The summed E-state index contributed by atoms with van der Waals surface area (Å²) >= 11 is 0. The molecule has 108 valence electrons. The Bertz CT molecular complexity index is 785. The van der Waals surface area contributed by atoms with Crippen molar-refractivity contribution in [3.8, 4) is 0 Å². The Morgan fingerprint density at radius 3 is 2.90 bits per heavy atom. The molecule has 0 radical (unpaired) electrons. The highest BCUT2D eigenvalue weighted by Crippen LogP contribution is 2.07. The number of nitrogens with zero attached hydrogens (tertiary/aromatic N) is 3. The molecule has 5 heteroatoms. The molecule has 0 aliphatic carbocycles. The number of carbonyl (C=O) groups excluding carboxylic acids is 1. The average Bonchev–Trinajstić information content (AvgIpc) is 2.99. The largest absolute Gasteiger partial charge is 0.350 e. The normalized spacial score (nSPS) is 11.0. The number of carbonyl (C=O) groups is 1. The number of fused-ring (bicyclic) bond motifs is 1. The molecule has 0 spiro atoms. The number of rotatable bonds is 4. The first-order valence-corrected chi connectivity index (χ1v) is 6.99. The van der Waals surface area contributed by atoms with Crippen molar-refractivity contribution >= 4 is 11.6 Å². The summed E-state index contributed by atoms with van der Waals surface area (Å²) in [4.78, 5) is 12.1. The number of aryl methyl sites for hydroxylation is 2. The van der Waals surface area contributed by atoms with Gasteiger partial charge in [-0.2, -0.15) is 5.10 Å². The van der Waals surface area contributed by atoms with Crippen molar-refractivity contribution in [2.24, 2.45) is 0 Å². The Kier molecular flexibility index (Phi) is 3.48. The zero-order valence-corrected chi connectivity index (χ0v) is 12.2. The van der Waals surface area contributed by atoms with E-state index in [-0.39, 0.29) is 5.91 Å². The first-order chi connectivity index (χ1) is 10.1. The molecule has 0 aliphatic heterocycles. The molecule has 3 aromatic rings. The number of aromatic nitrogens is 3. The maximum absolute atomic E-state index is 12.1. The monoisotopic (exact) mass is 282 g/mol. The number of nitrogens with one attached hydrogen (secondary N) is 1. The molecule has 2 heterocycles. The summed E-state index contributed by atoms with van der Waals surface area (Å²) in [5.41, 5.74) is 3.82. The quantitative estimate of drug-likeness (QED) is 0.797. The second kappa shape index (κ2) is 5.44. The molecule has 0 fully saturated rings. The molecule has 0 saturated heterocycles. The topological polar surface area (TPSA) is 51.3 Å². The first-order valence-electron chi connectivity index (χ1n) is 6.99. The fourth-order valence-electron chi connectivity index (χ4n) is 2.41. The van der Waals surface area contributed by atoms with Crippen LogP contribution in [0.15, 0.2) is 42.7 Å². The van der Waals surface area contributed by atoms with Gasteiger partial charge in [-0.05, 0) is 26.0 Å². The molecule has 21 heavy (non-hydrogen) atoms. The number of hydrogen-bond donors (Lipinski definition) is 1. The van der Waals surface area contributed by atoms with Gasteiger partial charge < -0.3 is 9.88 Å². The van der Waals surface area contributed by atoms with Crippen molar-refractivity contribution in [2.75, 3.05) is 6.54 Å². The fraction of sp³-hybridized carbons (Fsp3) is 0.250. The van der Waals surface area contributed by atoms with Crippen LogP contribution >= 0.6 is 0 Å². The zero-order chi connectivity index (χ0) is 14.8. The van der Waals surface area contributed by atoms with Crippen LogP contribution in [0.3, 0.4) is 0 Å². The van der Waals surface area contributed by atoms with Crippen molar-refractivity contribution in [3.05, 3.63) is 59.5 Å². The van der Waals surface area contributed by atoms with Gasteiger partial charge in [-0.25, -0.2) is 4.52 Å². The molecular formula is C16H18N4O. The van der Waals surface area contributed by atoms with Crippen LogP contribution in [-0.4, -0.2) is 26.6 Å². The molecule has 2 aromatic heterocycles. The van der Waals surface area contributed by atoms with Crippen LogP contribution in [0.25, 0.3) is 5.65 Å². The lowest BCUT2D eigenvalue weighted by molar-refractivity contribution is 0.0952. The van der Waals surface area contributed by atoms with Crippen molar-refractivity contribution in [3.63, 3.8) is 0 Å². The predicted molar refractivity (Wildman–Crippen MR) is 81.4 cm³/mol. The second-order valence-electron chi connectivity index (χ2n) is 5.21. The average molecular weight is 282 g/mol. The van der Waals surface area contributed by atoms with Gasteiger partial charge in [-0.3, -0.25) is 4.79 Å². The summed E-state index contributed by atoms with van der Waals surface area (Å²) in [6, 6.07) is 9.63. The van der Waals surface area contributed by atoms with Crippen LogP contribution in [0.5, 0.6) is 0 Å². The van der Waals surface area contributed by atoms with Crippen LogP contribution < -0.4 is 5.32 Å².